The largest absolute Gasteiger partial charge is 0.303 e. The minimum absolute atomic E-state index is 0.248. The van der Waals surface area contributed by atoms with Gasteiger partial charge >= 0.3 is 0 Å². The van der Waals surface area contributed by atoms with Gasteiger partial charge in [-0.05, 0) is 63.2 Å². The van der Waals surface area contributed by atoms with Crippen molar-refractivity contribution in [2.45, 2.75) is 76.8 Å². The molecule has 2 fully saturated rings. The second-order valence-electron chi connectivity index (χ2n) is 7.51. The number of rotatable bonds is 4. The van der Waals surface area contributed by atoms with Crippen LogP contribution in [0, 0.1) is 11.8 Å². The molecule has 0 atom stereocenters. The lowest BCUT2D eigenvalue weighted by atomic mass is 9.64. The zero-order chi connectivity index (χ0) is 13.7. The smallest absolute Gasteiger partial charge is 0.113 e. The molecule has 20 heavy (non-hydrogen) atoms. The summed E-state index contributed by atoms with van der Waals surface area (Å²) in [5.74, 6) is 1.71. The number of nitrogens with one attached hydrogen (secondary N) is 1. The van der Waals surface area contributed by atoms with Gasteiger partial charge in [-0.3, -0.25) is 0 Å². The number of aryl methyl sites for hydroxylation is 2. The van der Waals surface area contributed by atoms with E-state index in [2.05, 4.69) is 19.2 Å². The molecule has 110 valence electrons. The third kappa shape index (κ3) is 2.23. The lowest BCUT2D eigenvalue weighted by molar-refractivity contribution is 0.0655. The molecule has 0 saturated heterocycles. The van der Waals surface area contributed by atoms with Crippen LogP contribution in [0.3, 0.4) is 0 Å². The van der Waals surface area contributed by atoms with Crippen molar-refractivity contribution in [3.8, 4) is 0 Å². The van der Waals surface area contributed by atoms with Crippen LogP contribution >= 0.6 is 11.3 Å². The van der Waals surface area contributed by atoms with E-state index in [1.54, 1.807) is 4.88 Å². The van der Waals surface area contributed by atoms with Crippen molar-refractivity contribution >= 4 is 11.3 Å². The minimum Gasteiger partial charge on any atom is -0.303 e. The SMILES string of the molecule is CC(C)C1CC(NC2CC2)(c2nc3c(s2)CCCC3)C1. The highest BCUT2D eigenvalue weighted by molar-refractivity contribution is 7.11. The Morgan fingerprint density at radius 3 is 2.60 bits per heavy atom. The third-order valence-corrected chi connectivity index (χ3v) is 6.84. The summed E-state index contributed by atoms with van der Waals surface area (Å²) in [5.41, 5.74) is 1.68. The van der Waals surface area contributed by atoms with Crippen LogP contribution in [0.2, 0.25) is 0 Å². The zero-order valence-corrected chi connectivity index (χ0v) is 13.6. The maximum Gasteiger partial charge on any atom is 0.113 e. The van der Waals surface area contributed by atoms with Crippen molar-refractivity contribution in [1.29, 1.82) is 0 Å². The van der Waals surface area contributed by atoms with E-state index in [0.717, 1.165) is 17.9 Å². The van der Waals surface area contributed by atoms with Gasteiger partial charge in [-0.25, -0.2) is 4.98 Å². The average molecular weight is 290 g/mol. The Labute approximate surface area is 126 Å². The molecular weight excluding hydrogens is 264 g/mol. The summed E-state index contributed by atoms with van der Waals surface area (Å²) in [7, 11) is 0. The third-order valence-electron chi connectivity index (χ3n) is 5.48. The summed E-state index contributed by atoms with van der Waals surface area (Å²) in [6, 6.07) is 0.782. The van der Waals surface area contributed by atoms with E-state index in [-0.39, 0.29) is 5.54 Å². The molecule has 1 aromatic rings. The molecule has 0 aromatic carbocycles. The summed E-state index contributed by atoms with van der Waals surface area (Å²) in [6.07, 6.45) is 10.6. The molecule has 4 rings (SSSR count). The zero-order valence-electron chi connectivity index (χ0n) is 12.7. The molecule has 1 aromatic heterocycles. The number of hydrogen-bond acceptors (Lipinski definition) is 3. The van der Waals surface area contributed by atoms with Gasteiger partial charge in [0.25, 0.3) is 0 Å². The first kappa shape index (κ1) is 13.3. The van der Waals surface area contributed by atoms with Crippen molar-refractivity contribution in [2.24, 2.45) is 11.8 Å². The van der Waals surface area contributed by atoms with Gasteiger partial charge in [0.15, 0.2) is 0 Å². The van der Waals surface area contributed by atoms with Crippen LogP contribution < -0.4 is 5.32 Å². The molecule has 0 aliphatic heterocycles. The Balaban J connectivity index is 1.59. The molecule has 0 bridgehead atoms. The van der Waals surface area contributed by atoms with Gasteiger partial charge in [0, 0.05) is 10.9 Å². The number of aromatic nitrogens is 1. The van der Waals surface area contributed by atoms with Gasteiger partial charge in [0.1, 0.15) is 5.01 Å². The van der Waals surface area contributed by atoms with E-state index in [1.807, 2.05) is 11.3 Å². The summed E-state index contributed by atoms with van der Waals surface area (Å²) < 4.78 is 0. The maximum absolute atomic E-state index is 5.08. The second kappa shape index (κ2) is 4.81. The Kier molecular flexibility index (Phi) is 3.19. The van der Waals surface area contributed by atoms with Gasteiger partial charge in [-0.1, -0.05) is 13.8 Å². The summed E-state index contributed by atoms with van der Waals surface area (Å²) in [4.78, 5) is 6.67. The van der Waals surface area contributed by atoms with E-state index in [9.17, 15) is 0 Å². The molecule has 0 spiro atoms. The molecule has 1 N–H and O–H groups in total. The fraction of sp³-hybridized carbons (Fsp3) is 0.824. The normalized spacial score (nSPS) is 33.0. The Morgan fingerprint density at radius 1 is 1.20 bits per heavy atom. The summed E-state index contributed by atoms with van der Waals surface area (Å²) in [5, 5.41) is 5.39. The predicted molar refractivity (Wildman–Crippen MR) is 84.2 cm³/mol. The van der Waals surface area contributed by atoms with E-state index in [1.165, 1.54) is 62.1 Å². The fourth-order valence-corrected chi connectivity index (χ4v) is 5.16. The monoisotopic (exact) mass is 290 g/mol. The number of nitrogens with zero attached hydrogens (tertiary/aromatic N) is 1. The molecule has 0 amide bonds. The molecule has 3 aliphatic carbocycles. The van der Waals surface area contributed by atoms with Crippen molar-refractivity contribution in [2.75, 3.05) is 0 Å². The van der Waals surface area contributed by atoms with Crippen LogP contribution in [-0.4, -0.2) is 11.0 Å². The summed E-state index contributed by atoms with van der Waals surface area (Å²) >= 11 is 2.03. The van der Waals surface area contributed by atoms with Crippen molar-refractivity contribution in [1.82, 2.24) is 10.3 Å². The molecular formula is C17H26N2S. The van der Waals surface area contributed by atoms with Gasteiger partial charge in [-0.2, -0.15) is 0 Å². The highest BCUT2D eigenvalue weighted by Gasteiger charge is 2.50. The van der Waals surface area contributed by atoms with E-state index >= 15 is 0 Å². The number of thiazole rings is 1. The number of hydrogen-bond donors (Lipinski definition) is 1. The first-order valence-electron chi connectivity index (χ1n) is 8.43. The van der Waals surface area contributed by atoms with Crippen LogP contribution in [0.1, 0.15) is 68.0 Å². The van der Waals surface area contributed by atoms with Gasteiger partial charge < -0.3 is 5.32 Å². The maximum atomic E-state index is 5.08. The topological polar surface area (TPSA) is 24.9 Å². The van der Waals surface area contributed by atoms with Gasteiger partial charge in [0.05, 0.1) is 11.2 Å². The van der Waals surface area contributed by atoms with E-state index < -0.39 is 0 Å². The predicted octanol–water partition coefficient (Wildman–Crippen LogP) is 4.04. The molecule has 2 saturated carbocycles. The van der Waals surface area contributed by atoms with E-state index in [0.29, 0.717) is 0 Å². The first-order chi connectivity index (χ1) is 9.66. The fourth-order valence-electron chi connectivity index (χ4n) is 3.84. The Morgan fingerprint density at radius 2 is 1.95 bits per heavy atom. The van der Waals surface area contributed by atoms with E-state index in [4.69, 9.17) is 4.98 Å². The van der Waals surface area contributed by atoms with Crippen LogP contribution in [0.25, 0.3) is 0 Å². The quantitative estimate of drug-likeness (QED) is 0.905. The van der Waals surface area contributed by atoms with Crippen molar-refractivity contribution < 1.29 is 0 Å². The lowest BCUT2D eigenvalue weighted by Crippen LogP contribution is -2.54. The average Bonchev–Trinajstić information content (AvgIpc) is 3.08. The molecule has 3 aliphatic rings. The van der Waals surface area contributed by atoms with Crippen LogP contribution in [0.15, 0.2) is 0 Å². The molecule has 0 radical (unpaired) electrons. The molecule has 3 heteroatoms. The highest BCUT2D eigenvalue weighted by Crippen LogP contribution is 2.51. The Bertz CT molecular complexity index is 472. The molecule has 2 nitrogen and oxygen atoms in total. The Hall–Kier alpha value is -0.410. The molecule has 1 heterocycles. The lowest BCUT2D eigenvalue weighted by Gasteiger charge is -2.49. The van der Waals surface area contributed by atoms with Crippen LogP contribution in [-0.2, 0) is 18.4 Å². The summed E-state index contributed by atoms with van der Waals surface area (Å²) in [6.45, 7) is 4.75. The van der Waals surface area contributed by atoms with Gasteiger partial charge in [0.2, 0.25) is 0 Å². The first-order valence-corrected chi connectivity index (χ1v) is 9.25. The van der Waals surface area contributed by atoms with Crippen molar-refractivity contribution in [3.63, 3.8) is 0 Å². The van der Waals surface area contributed by atoms with Gasteiger partial charge in [-0.15, -0.1) is 11.3 Å². The van der Waals surface area contributed by atoms with Crippen LogP contribution in [0.5, 0.6) is 0 Å². The number of fused-ring (bicyclic) bond motifs is 1. The van der Waals surface area contributed by atoms with Crippen molar-refractivity contribution in [3.05, 3.63) is 15.6 Å². The van der Waals surface area contributed by atoms with Crippen LogP contribution in [0.4, 0.5) is 0 Å². The second-order valence-corrected chi connectivity index (χ2v) is 8.59. The standard InChI is InChI=1S/C17H26N2S/c1-11(2)12-9-17(10-12,19-13-7-8-13)16-18-14-5-3-4-6-15(14)20-16/h11-13,19H,3-10H2,1-2H3. The minimum atomic E-state index is 0.248. The highest BCUT2D eigenvalue weighted by atomic mass is 32.1. The molecule has 0 unspecified atom stereocenters.